The van der Waals surface area contributed by atoms with Crippen LogP contribution in [0, 0.1) is 68.3 Å². The van der Waals surface area contributed by atoms with E-state index in [-0.39, 0.29) is 22.8 Å². The molecular weight excluding hydrogens is 1030 g/mol. The summed E-state index contributed by atoms with van der Waals surface area (Å²) in [6, 6.07) is 13.3. The third kappa shape index (κ3) is 13.9. The van der Waals surface area contributed by atoms with Crippen LogP contribution >= 0.6 is 0 Å². The Labute approximate surface area is 243 Å². The van der Waals surface area contributed by atoms with Gasteiger partial charge in [0, 0.05) is 0 Å². The molecule has 0 saturated heterocycles. The van der Waals surface area contributed by atoms with Crippen LogP contribution in [0.3, 0.4) is 0 Å². The van der Waals surface area contributed by atoms with Gasteiger partial charge in [0.1, 0.15) is 11.4 Å². The predicted molar refractivity (Wildman–Crippen MR) is 107 cm³/mol. The molecule has 19 heteroatoms. The van der Waals surface area contributed by atoms with Gasteiger partial charge in [0.2, 0.25) is 0 Å². The first-order chi connectivity index (χ1) is 18.4. The average molecular weight is 1040 g/mol. The van der Waals surface area contributed by atoms with Crippen LogP contribution in [0.25, 0.3) is 0 Å². The van der Waals surface area contributed by atoms with E-state index >= 15 is 0 Å². The zero-order chi connectivity index (χ0) is 30.7. The molecule has 0 bridgehead atoms. The molecule has 0 aliphatic carbocycles. The van der Waals surface area contributed by atoms with Crippen molar-refractivity contribution in [2.24, 2.45) is 0 Å². The van der Waals surface area contributed by atoms with Crippen molar-refractivity contribution in [2.75, 3.05) is 10.6 Å². The zero-order valence-electron chi connectivity index (χ0n) is 19.0. The second-order valence-corrected chi connectivity index (χ2v) is 10.3. The van der Waals surface area contributed by atoms with Gasteiger partial charge in [-0.25, -0.2) is 4.98 Å². The van der Waals surface area contributed by atoms with Gasteiger partial charge in [0.25, 0.3) is 11.8 Å². The first-order valence-corrected chi connectivity index (χ1v) is 19.3. The van der Waals surface area contributed by atoms with Crippen molar-refractivity contribution in [3.05, 3.63) is 89.2 Å². The Morgan fingerprint density at radius 1 is 0.650 bits per heavy atom. The number of carbonyl (C=O) groups is 2. The number of nitrogens with zero attached hydrogens (tertiary/aromatic N) is 1. The van der Waals surface area contributed by atoms with Crippen LogP contribution in [0.15, 0.2) is 54.6 Å². The molecule has 40 heavy (non-hydrogen) atoms. The number of nitrogens with one attached hydrogen (secondary N) is 2. The minimum atomic E-state index is -5.23. The molecule has 0 spiro atoms. The molecule has 0 aliphatic heterocycles. The number of benzene rings is 2. The number of carbonyl (C=O) groups excluding carboxylic acids is 2. The molecule has 0 saturated carbocycles. The molecule has 1 heterocycles. The van der Waals surface area contributed by atoms with Crippen LogP contribution in [-0.2, 0) is 12.4 Å². The van der Waals surface area contributed by atoms with E-state index in [1.54, 1.807) is 0 Å². The van der Waals surface area contributed by atoms with Crippen molar-refractivity contribution in [2.45, 2.75) is 12.4 Å². The van der Waals surface area contributed by atoms with Gasteiger partial charge >= 0.3 is 81.1 Å². The molecule has 0 atom stereocenters. The molecule has 2 aromatic carbocycles. The van der Waals surface area contributed by atoms with Crippen LogP contribution in [0.2, 0.25) is 0 Å². The third-order valence-electron chi connectivity index (χ3n) is 3.96. The first-order valence-electron chi connectivity index (χ1n) is 9.83. The maximum absolute atomic E-state index is 12.8. The summed E-state index contributed by atoms with van der Waals surface area (Å²) in [5.74, 6) is -1.81. The molecular formula is C21H11F12N3O2U2-2. The third-order valence-corrected chi connectivity index (χ3v) is 3.96. The van der Waals surface area contributed by atoms with Crippen LogP contribution < -0.4 is 10.6 Å². The fourth-order valence-electron chi connectivity index (χ4n) is 2.49. The number of anilines is 2. The summed E-state index contributed by atoms with van der Waals surface area (Å²) in [6.07, 6.45) is -9.26. The van der Waals surface area contributed by atoms with Crippen LogP contribution in [0.5, 0.6) is 0 Å². The number of alkyl halides is 6. The van der Waals surface area contributed by atoms with Crippen molar-refractivity contribution in [1.29, 1.82) is 0 Å². The molecule has 5 nitrogen and oxygen atoms in total. The predicted octanol–water partition coefficient (Wildman–Crippen LogP) is 7.75. The summed E-state index contributed by atoms with van der Waals surface area (Å²) >= 11 is -10.5. The Hall–Kier alpha value is -2.21. The van der Waals surface area contributed by atoms with Crippen molar-refractivity contribution in [1.82, 2.24) is 4.98 Å². The normalized spacial score (nSPS) is 10.7. The molecule has 0 fully saturated rings. The molecule has 2 amide bonds. The van der Waals surface area contributed by atoms with E-state index in [2.05, 4.69) is 27.8 Å². The Morgan fingerprint density at radius 3 is 1.27 bits per heavy atom. The summed E-state index contributed by atoms with van der Waals surface area (Å²) in [5.41, 5.74) is -3.03. The first kappa shape index (κ1) is 35.8. The summed E-state index contributed by atoms with van der Waals surface area (Å²) in [6.45, 7) is 0. The van der Waals surface area contributed by atoms with E-state index in [1.165, 1.54) is 18.2 Å². The Morgan fingerprint density at radius 2 is 0.975 bits per heavy atom. The average Bonchev–Trinajstić information content (AvgIpc) is 2.83. The van der Waals surface area contributed by atoms with Gasteiger partial charge < -0.3 is 10.6 Å². The van der Waals surface area contributed by atoms with Crippen molar-refractivity contribution in [3.8, 4) is 0 Å². The van der Waals surface area contributed by atoms with E-state index in [0.717, 1.165) is 12.1 Å². The molecule has 0 unspecified atom stereocenters. The van der Waals surface area contributed by atoms with Gasteiger partial charge in [-0.15, -0.1) is 12.1 Å². The number of hydrogen-bond donors (Lipinski definition) is 2. The van der Waals surface area contributed by atoms with Crippen molar-refractivity contribution >= 4 is 23.2 Å². The number of halogens is 12. The topological polar surface area (TPSA) is 71.1 Å². The van der Waals surface area contributed by atoms with Gasteiger partial charge in [0.15, 0.2) is 0 Å². The second kappa shape index (κ2) is 16.3. The van der Waals surface area contributed by atoms with Gasteiger partial charge in [-0.3, -0.25) is 9.59 Å². The van der Waals surface area contributed by atoms with Gasteiger partial charge in [-0.05, 0) is 12.1 Å². The van der Waals surface area contributed by atoms with Crippen LogP contribution in [-0.4, -0.2) is 16.8 Å². The zero-order valence-corrected chi connectivity index (χ0v) is 27.3. The molecule has 0 radical (unpaired) electrons. The quantitative estimate of drug-likeness (QED) is 0.208. The monoisotopic (exact) mass is 1040 g/mol. The standard InChI is InChI=1S/C21H11F6N3O2.6FH.2U/c22-20(23,24)12-4-1-6-14(10-12)28-18(31)16-8-3-9-17(30-16)19(32)29-15-7-2-5-13(11-15)21(25,26)27;;;;;;;;/h3-11H,(H,28,31)(H,29,32);6*1H;;/q-2;;;;;;;2*+3/p-6. The number of pyridine rings is 1. The molecule has 1 aromatic heterocycles. The molecule has 2 N–H and O–H groups in total. The van der Waals surface area contributed by atoms with E-state index in [0.29, 0.717) is 24.3 Å². The number of hydrogen-bond acceptors (Lipinski definition) is 3. The van der Waals surface area contributed by atoms with Crippen molar-refractivity contribution < 1.29 is 105 Å². The SMILES string of the molecule is O=C(Nc1c[c-]cc(C(F)(F)F)c1)c1cccc(C(=O)Nc2c[c-]cc(C(F)(F)F)c2)n1.[F][U]([F])[F].[F][U]([F])[F]. The summed E-state index contributed by atoms with van der Waals surface area (Å²) in [5, 5.41) is 4.43. The second-order valence-electron chi connectivity index (χ2n) is 6.76. The number of aromatic nitrogens is 1. The Kier molecular flexibility index (Phi) is 14.6. The Balaban J connectivity index is 0.000000883. The fraction of sp³-hybridized carbons (Fsp3) is 0.0952. The number of rotatable bonds is 4. The minimum absolute atomic E-state index is 0.194. The van der Waals surface area contributed by atoms with Gasteiger partial charge in [-0.1, -0.05) is 28.6 Å². The van der Waals surface area contributed by atoms with Crippen LogP contribution in [0.4, 0.5) is 50.3 Å². The fourth-order valence-corrected chi connectivity index (χ4v) is 2.49. The van der Waals surface area contributed by atoms with E-state index in [4.69, 9.17) is 0 Å². The number of amides is 2. The van der Waals surface area contributed by atoms with E-state index in [9.17, 15) is 48.5 Å². The maximum atomic E-state index is 12.8. The summed E-state index contributed by atoms with van der Waals surface area (Å²) < 4.78 is 136. The Bertz CT molecular complexity index is 1180. The van der Waals surface area contributed by atoms with Crippen LogP contribution in [0.1, 0.15) is 32.1 Å². The molecule has 216 valence electrons. The van der Waals surface area contributed by atoms with Gasteiger partial charge in [0.05, 0.1) is 0 Å². The van der Waals surface area contributed by atoms with Gasteiger partial charge in [-0.2, -0.15) is 62.7 Å². The summed E-state index contributed by atoms with van der Waals surface area (Å²) in [7, 11) is 0. The van der Waals surface area contributed by atoms with E-state index in [1.807, 2.05) is 0 Å². The molecule has 3 aromatic rings. The summed E-state index contributed by atoms with van der Waals surface area (Å²) in [4.78, 5) is 28.5. The van der Waals surface area contributed by atoms with E-state index < -0.39 is 91.5 Å². The molecule has 3 rings (SSSR count). The van der Waals surface area contributed by atoms with Crippen molar-refractivity contribution in [3.63, 3.8) is 0 Å². The molecule has 0 aliphatic rings.